The number of nitrogens with zero attached hydrogens (tertiary/aromatic N) is 2. The number of rotatable bonds is 8. The summed E-state index contributed by atoms with van der Waals surface area (Å²) in [6, 6.07) is 14.4. The van der Waals surface area contributed by atoms with Crippen LogP contribution in [0, 0.1) is 0 Å². The summed E-state index contributed by atoms with van der Waals surface area (Å²) in [5, 5.41) is 3.20. The number of hydrogen-bond acceptors (Lipinski definition) is 2. The predicted octanol–water partition coefficient (Wildman–Crippen LogP) is 4.92. The number of nitrogens with one attached hydrogen (secondary N) is 1. The minimum atomic E-state index is -2.73. The van der Waals surface area contributed by atoms with Crippen molar-refractivity contribution >= 4 is 17.9 Å². The first-order valence-corrected chi connectivity index (χ1v) is 8.93. The fourth-order valence-electron chi connectivity index (χ4n) is 2.69. The van der Waals surface area contributed by atoms with Crippen molar-refractivity contribution in [3.05, 3.63) is 78.0 Å². The molecule has 2 aromatic carbocycles. The van der Waals surface area contributed by atoms with E-state index < -0.39 is 5.92 Å². The van der Waals surface area contributed by atoms with Crippen LogP contribution in [-0.2, 0) is 12.0 Å². The Kier molecular flexibility index (Phi) is 6.67. The van der Waals surface area contributed by atoms with E-state index in [1.54, 1.807) is 30.5 Å². The zero-order valence-corrected chi connectivity index (χ0v) is 16.4. The highest BCUT2D eigenvalue weighted by molar-refractivity contribution is 6.01. The van der Waals surface area contributed by atoms with E-state index in [0.29, 0.717) is 17.1 Å². The summed E-state index contributed by atoms with van der Waals surface area (Å²) in [6.45, 7) is 8.71. The van der Waals surface area contributed by atoms with Gasteiger partial charge in [0.05, 0.1) is 11.2 Å². The van der Waals surface area contributed by atoms with Gasteiger partial charge in [0.15, 0.2) is 0 Å². The summed E-state index contributed by atoms with van der Waals surface area (Å²) in [5.74, 6) is -2.39. The number of amidine groups is 1. The van der Waals surface area contributed by atoms with Crippen LogP contribution in [0.2, 0.25) is 0 Å². The molecule has 0 aliphatic heterocycles. The van der Waals surface area contributed by atoms with E-state index in [0.717, 1.165) is 18.1 Å². The number of halogens is 2. The van der Waals surface area contributed by atoms with E-state index in [1.807, 2.05) is 24.3 Å². The second kappa shape index (κ2) is 8.78. The highest BCUT2D eigenvalue weighted by Gasteiger charge is 2.21. The lowest BCUT2D eigenvalue weighted by atomic mass is 9.93. The van der Waals surface area contributed by atoms with Gasteiger partial charge in [0, 0.05) is 12.0 Å². The Labute approximate surface area is 164 Å². The maximum atomic E-state index is 13.0. The summed E-state index contributed by atoms with van der Waals surface area (Å²) in [5.41, 5.74) is 8.83. The molecule has 0 fully saturated rings. The van der Waals surface area contributed by atoms with Crippen molar-refractivity contribution in [2.75, 3.05) is 0 Å². The molecular weight excluding hydrogens is 358 g/mol. The molecule has 0 unspecified atom stereocenters. The van der Waals surface area contributed by atoms with Gasteiger partial charge < -0.3 is 11.1 Å². The summed E-state index contributed by atoms with van der Waals surface area (Å²) in [7, 11) is 0. The third-order valence-corrected chi connectivity index (χ3v) is 4.22. The Bertz CT molecular complexity index is 846. The molecule has 0 aliphatic rings. The first-order chi connectivity index (χ1) is 13.1. The molecule has 2 aromatic rings. The molecule has 0 amide bonds. The fourth-order valence-corrected chi connectivity index (χ4v) is 2.69. The number of aliphatic imine (C=N–C) groups is 2. The molecule has 0 spiro atoms. The molecular formula is C22H26F2N4. The van der Waals surface area contributed by atoms with E-state index in [1.165, 1.54) is 6.34 Å². The zero-order chi connectivity index (χ0) is 20.8. The molecule has 2 rings (SSSR count). The zero-order valence-electron chi connectivity index (χ0n) is 16.4. The lowest BCUT2D eigenvalue weighted by Gasteiger charge is -2.26. The smallest absolute Gasteiger partial charge is 0.249 e. The quantitative estimate of drug-likeness (QED) is 0.501. The lowest BCUT2D eigenvalue weighted by Crippen LogP contribution is -2.32. The van der Waals surface area contributed by atoms with Crippen LogP contribution in [0.5, 0.6) is 0 Å². The summed E-state index contributed by atoms with van der Waals surface area (Å²) < 4.78 is 26.0. The maximum absolute atomic E-state index is 13.0. The second-order valence-electron chi connectivity index (χ2n) is 7.22. The molecule has 0 heterocycles. The van der Waals surface area contributed by atoms with Crippen LogP contribution in [0.1, 0.15) is 37.5 Å². The van der Waals surface area contributed by atoms with Gasteiger partial charge in [0.25, 0.3) is 0 Å². The van der Waals surface area contributed by atoms with Gasteiger partial charge in [-0.15, -0.1) is 0 Å². The maximum Gasteiger partial charge on any atom is 0.249 e. The lowest BCUT2D eigenvalue weighted by molar-refractivity contribution is 0.0226. The Hall–Kier alpha value is -3.02. The minimum absolute atomic E-state index is 0.235. The van der Waals surface area contributed by atoms with E-state index in [-0.39, 0.29) is 12.0 Å². The standard InChI is InChI=1S/C22H26F2N4/c1-5-28-21(2,3)18-10-8-17(9-11-18)20(25)27-15-26-19-12-6-16(7-13-19)14-22(4,23)24/h5-13,15,28H,1,14H2,2-4H3,(H2,25,26,27). The van der Waals surface area contributed by atoms with Gasteiger partial charge in [-0.05, 0) is 50.2 Å². The normalized spacial score (nSPS) is 13.0. The van der Waals surface area contributed by atoms with E-state index in [2.05, 4.69) is 35.7 Å². The van der Waals surface area contributed by atoms with Crippen molar-refractivity contribution in [2.24, 2.45) is 15.7 Å². The van der Waals surface area contributed by atoms with Crippen molar-refractivity contribution in [3.8, 4) is 0 Å². The molecule has 0 saturated carbocycles. The van der Waals surface area contributed by atoms with Crippen molar-refractivity contribution in [3.63, 3.8) is 0 Å². The van der Waals surface area contributed by atoms with Crippen LogP contribution in [0.25, 0.3) is 0 Å². The summed E-state index contributed by atoms with van der Waals surface area (Å²) >= 11 is 0. The van der Waals surface area contributed by atoms with Gasteiger partial charge in [-0.3, -0.25) is 0 Å². The molecule has 0 aliphatic carbocycles. The van der Waals surface area contributed by atoms with Crippen LogP contribution >= 0.6 is 0 Å². The Balaban J connectivity index is 2.04. The molecule has 0 saturated heterocycles. The van der Waals surface area contributed by atoms with Gasteiger partial charge >= 0.3 is 0 Å². The van der Waals surface area contributed by atoms with Crippen LogP contribution < -0.4 is 11.1 Å². The van der Waals surface area contributed by atoms with Crippen LogP contribution in [0.3, 0.4) is 0 Å². The largest absolute Gasteiger partial charge is 0.383 e. The van der Waals surface area contributed by atoms with E-state index in [4.69, 9.17) is 5.73 Å². The summed E-state index contributed by atoms with van der Waals surface area (Å²) in [6.07, 6.45) is 2.73. The van der Waals surface area contributed by atoms with Gasteiger partial charge in [0.1, 0.15) is 12.2 Å². The number of nitrogens with two attached hydrogens (primary N) is 1. The SMILES string of the molecule is C=CNC(C)(C)c1ccc(C(N)=NC=Nc2ccc(CC(C)(F)F)cc2)cc1. The van der Waals surface area contributed by atoms with Gasteiger partial charge in [0.2, 0.25) is 5.92 Å². The molecule has 3 N–H and O–H groups in total. The van der Waals surface area contributed by atoms with Crippen molar-refractivity contribution in [1.82, 2.24) is 5.32 Å². The number of hydrogen-bond donors (Lipinski definition) is 2. The molecule has 0 radical (unpaired) electrons. The molecule has 28 heavy (non-hydrogen) atoms. The Morgan fingerprint density at radius 1 is 1.07 bits per heavy atom. The second-order valence-corrected chi connectivity index (χ2v) is 7.22. The molecule has 148 valence electrons. The van der Waals surface area contributed by atoms with E-state index in [9.17, 15) is 8.78 Å². The number of alkyl halides is 2. The Morgan fingerprint density at radius 2 is 1.68 bits per heavy atom. The van der Waals surface area contributed by atoms with Crippen LogP contribution in [0.4, 0.5) is 14.5 Å². The van der Waals surface area contributed by atoms with Gasteiger partial charge in [-0.1, -0.05) is 43.0 Å². The highest BCUT2D eigenvalue weighted by atomic mass is 19.3. The summed E-state index contributed by atoms with van der Waals surface area (Å²) in [4.78, 5) is 8.34. The molecule has 6 heteroatoms. The predicted molar refractivity (Wildman–Crippen MR) is 112 cm³/mol. The van der Waals surface area contributed by atoms with E-state index >= 15 is 0 Å². The van der Waals surface area contributed by atoms with Crippen LogP contribution in [0.15, 0.2) is 71.3 Å². The van der Waals surface area contributed by atoms with Gasteiger partial charge in [-0.2, -0.15) is 0 Å². The topological polar surface area (TPSA) is 62.8 Å². The first kappa shape index (κ1) is 21.3. The highest BCUT2D eigenvalue weighted by Crippen LogP contribution is 2.22. The third-order valence-electron chi connectivity index (χ3n) is 4.22. The minimum Gasteiger partial charge on any atom is -0.383 e. The Morgan fingerprint density at radius 3 is 2.21 bits per heavy atom. The molecule has 0 bridgehead atoms. The first-order valence-electron chi connectivity index (χ1n) is 8.93. The third kappa shape index (κ3) is 6.30. The van der Waals surface area contributed by atoms with Crippen molar-refractivity contribution in [2.45, 2.75) is 38.7 Å². The fraction of sp³-hybridized carbons (Fsp3) is 0.273. The molecule has 4 nitrogen and oxygen atoms in total. The van der Waals surface area contributed by atoms with Crippen molar-refractivity contribution in [1.29, 1.82) is 0 Å². The average Bonchev–Trinajstić information content (AvgIpc) is 2.62. The molecule has 0 aromatic heterocycles. The monoisotopic (exact) mass is 384 g/mol. The number of benzene rings is 2. The molecule has 0 atom stereocenters. The van der Waals surface area contributed by atoms with Crippen molar-refractivity contribution < 1.29 is 8.78 Å². The van der Waals surface area contributed by atoms with Gasteiger partial charge in [-0.25, -0.2) is 18.8 Å². The average molecular weight is 384 g/mol. The van der Waals surface area contributed by atoms with Crippen LogP contribution in [-0.4, -0.2) is 18.1 Å².